The van der Waals surface area contributed by atoms with E-state index in [0.717, 1.165) is 18.6 Å². The molecule has 4 heteroatoms. The maximum atomic E-state index is 11.1. The van der Waals surface area contributed by atoms with Gasteiger partial charge < -0.3 is 9.69 Å². The average Bonchev–Trinajstić information content (AvgIpc) is 2.36. The molecular weight excluding hydrogens is 174 g/mol. The van der Waals surface area contributed by atoms with Gasteiger partial charge in [0.15, 0.2) is 0 Å². The van der Waals surface area contributed by atoms with Crippen molar-refractivity contribution in [2.24, 2.45) is 5.41 Å². The highest BCUT2D eigenvalue weighted by Gasteiger charge is 2.27. The molecule has 0 spiro atoms. The summed E-state index contributed by atoms with van der Waals surface area (Å²) in [6.07, 6.45) is 0.906. The van der Waals surface area contributed by atoms with Crippen molar-refractivity contribution in [3.8, 4) is 0 Å². The lowest BCUT2D eigenvalue weighted by Crippen LogP contribution is -2.35. The minimum atomic E-state index is -0.402. The predicted octanol–water partition coefficient (Wildman–Crippen LogP) is 1.38. The van der Waals surface area contributed by atoms with Gasteiger partial charge in [-0.3, -0.25) is 4.79 Å². The molecule has 0 N–H and O–H groups in total. The van der Waals surface area contributed by atoms with Gasteiger partial charge in [0.2, 0.25) is 0 Å². The number of thioether (sulfide) groups is 1. The van der Waals surface area contributed by atoms with Crippen LogP contribution in [0.25, 0.3) is 0 Å². The molecule has 0 bridgehead atoms. The first-order chi connectivity index (χ1) is 5.55. The smallest absolute Gasteiger partial charge is 0.281 e. The molecule has 1 aliphatic heterocycles. The molecular formula is C8H13NO2S. The fraction of sp³-hybridized carbons (Fsp3) is 0.750. The van der Waals surface area contributed by atoms with E-state index in [9.17, 15) is 9.59 Å². The van der Waals surface area contributed by atoms with Crippen LogP contribution in [0.2, 0.25) is 0 Å². The van der Waals surface area contributed by atoms with Gasteiger partial charge in [-0.25, -0.2) is 0 Å². The topological polar surface area (TPSA) is 37.4 Å². The van der Waals surface area contributed by atoms with Crippen LogP contribution in [-0.4, -0.2) is 35.3 Å². The van der Waals surface area contributed by atoms with E-state index >= 15 is 0 Å². The maximum Gasteiger partial charge on any atom is 0.281 e. The predicted molar refractivity (Wildman–Crippen MR) is 49.3 cm³/mol. The highest BCUT2D eigenvalue weighted by atomic mass is 32.2. The Hall–Kier alpha value is -0.510. The molecule has 1 rings (SSSR count). The van der Waals surface area contributed by atoms with Crippen molar-refractivity contribution in [2.75, 3.05) is 18.8 Å². The van der Waals surface area contributed by atoms with Crippen LogP contribution in [0.15, 0.2) is 0 Å². The van der Waals surface area contributed by atoms with Crippen molar-refractivity contribution in [3.63, 3.8) is 0 Å². The summed E-state index contributed by atoms with van der Waals surface area (Å²) in [5, 5.41) is 0.102. The summed E-state index contributed by atoms with van der Waals surface area (Å²) in [5.74, 6) is 0.855. The Labute approximate surface area is 76.5 Å². The molecule has 1 heterocycles. The first kappa shape index (κ1) is 9.58. The summed E-state index contributed by atoms with van der Waals surface area (Å²) >= 11 is 1.33. The normalized spacial score (nSPS) is 18.5. The molecule has 0 aromatic rings. The van der Waals surface area contributed by atoms with Crippen molar-refractivity contribution in [3.05, 3.63) is 0 Å². The third-order valence-corrected chi connectivity index (χ3v) is 2.65. The fourth-order valence-electron chi connectivity index (χ4n) is 1.10. The van der Waals surface area contributed by atoms with E-state index in [4.69, 9.17) is 0 Å². The highest BCUT2D eigenvalue weighted by Crippen LogP contribution is 2.22. The van der Waals surface area contributed by atoms with E-state index in [2.05, 4.69) is 0 Å². The summed E-state index contributed by atoms with van der Waals surface area (Å²) in [7, 11) is 0. The fourth-order valence-corrected chi connectivity index (χ4v) is 1.92. The van der Waals surface area contributed by atoms with Crippen LogP contribution in [0, 0.1) is 5.41 Å². The third kappa shape index (κ3) is 2.24. The van der Waals surface area contributed by atoms with Crippen LogP contribution >= 0.6 is 11.8 Å². The van der Waals surface area contributed by atoms with Gasteiger partial charge in [0.05, 0.1) is 0 Å². The van der Waals surface area contributed by atoms with Crippen LogP contribution in [0.5, 0.6) is 0 Å². The van der Waals surface area contributed by atoms with Gasteiger partial charge in [0, 0.05) is 24.3 Å². The molecule has 1 aliphatic rings. The number of amides is 1. The molecule has 3 nitrogen and oxygen atoms in total. The van der Waals surface area contributed by atoms with Crippen molar-refractivity contribution >= 4 is 23.3 Å². The summed E-state index contributed by atoms with van der Waals surface area (Å²) in [6, 6.07) is 0. The van der Waals surface area contributed by atoms with Crippen LogP contribution in [0.1, 0.15) is 13.8 Å². The van der Waals surface area contributed by atoms with Crippen molar-refractivity contribution in [1.29, 1.82) is 0 Å². The second-order valence-corrected chi connectivity index (χ2v) is 4.69. The Bertz CT molecular complexity index is 203. The Morgan fingerprint density at radius 2 is 2.33 bits per heavy atom. The molecule has 0 unspecified atom stereocenters. The lowest BCUT2D eigenvalue weighted by Gasteiger charge is -2.23. The van der Waals surface area contributed by atoms with E-state index in [0.29, 0.717) is 6.54 Å². The molecule has 0 aromatic carbocycles. The number of hydrogen-bond acceptors (Lipinski definition) is 3. The summed E-state index contributed by atoms with van der Waals surface area (Å²) < 4.78 is 0. The van der Waals surface area contributed by atoms with Crippen molar-refractivity contribution in [2.45, 2.75) is 13.8 Å². The lowest BCUT2D eigenvalue weighted by molar-refractivity contribution is -0.115. The minimum absolute atomic E-state index is 0.102. The molecule has 0 atom stereocenters. The van der Waals surface area contributed by atoms with Crippen molar-refractivity contribution < 1.29 is 9.59 Å². The average molecular weight is 187 g/mol. The Balaban J connectivity index is 2.50. The standard InChI is InChI=1S/C8H13NO2S/c1-8(2,6-10)5-9-3-4-12-7(9)11/h6H,3-5H2,1-2H3. The number of carbonyl (C=O) groups excluding carboxylic acids is 2. The zero-order chi connectivity index (χ0) is 9.19. The van der Waals surface area contributed by atoms with Gasteiger partial charge >= 0.3 is 0 Å². The first-order valence-corrected chi connectivity index (χ1v) is 4.92. The van der Waals surface area contributed by atoms with Crippen LogP contribution in [0.3, 0.4) is 0 Å². The van der Waals surface area contributed by atoms with Gasteiger partial charge in [-0.1, -0.05) is 25.6 Å². The largest absolute Gasteiger partial charge is 0.332 e. The van der Waals surface area contributed by atoms with Gasteiger partial charge in [-0.05, 0) is 0 Å². The van der Waals surface area contributed by atoms with E-state index in [1.165, 1.54) is 11.8 Å². The Morgan fingerprint density at radius 3 is 2.75 bits per heavy atom. The number of hydrogen-bond donors (Lipinski definition) is 0. The molecule has 0 aliphatic carbocycles. The Morgan fingerprint density at radius 1 is 1.67 bits per heavy atom. The van der Waals surface area contributed by atoms with Crippen LogP contribution in [0.4, 0.5) is 4.79 Å². The lowest BCUT2D eigenvalue weighted by atomic mass is 9.95. The molecule has 1 saturated heterocycles. The number of carbonyl (C=O) groups is 2. The third-order valence-electron chi connectivity index (χ3n) is 1.76. The highest BCUT2D eigenvalue weighted by molar-refractivity contribution is 8.13. The molecule has 0 saturated carbocycles. The molecule has 1 amide bonds. The number of rotatable bonds is 3. The van der Waals surface area contributed by atoms with Crippen LogP contribution < -0.4 is 0 Å². The van der Waals surface area contributed by atoms with E-state index in [1.807, 2.05) is 13.8 Å². The van der Waals surface area contributed by atoms with E-state index < -0.39 is 5.41 Å². The van der Waals surface area contributed by atoms with Crippen molar-refractivity contribution in [1.82, 2.24) is 4.90 Å². The number of aldehydes is 1. The maximum absolute atomic E-state index is 11.1. The first-order valence-electron chi connectivity index (χ1n) is 3.93. The second-order valence-electron chi connectivity index (χ2n) is 3.64. The van der Waals surface area contributed by atoms with Gasteiger partial charge in [-0.15, -0.1) is 0 Å². The van der Waals surface area contributed by atoms with E-state index in [1.54, 1.807) is 4.90 Å². The quantitative estimate of drug-likeness (QED) is 0.626. The second kappa shape index (κ2) is 3.47. The zero-order valence-electron chi connectivity index (χ0n) is 7.37. The molecule has 0 aromatic heterocycles. The summed E-state index contributed by atoms with van der Waals surface area (Å²) in [4.78, 5) is 23.5. The molecule has 0 radical (unpaired) electrons. The Kier molecular flexibility index (Phi) is 2.77. The summed E-state index contributed by atoms with van der Waals surface area (Å²) in [6.45, 7) is 5.01. The van der Waals surface area contributed by atoms with E-state index in [-0.39, 0.29) is 5.24 Å². The molecule has 12 heavy (non-hydrogen) atoms. The SMILES string of the molecule is CC(C)(C=O)CN1CCSC1=O. The molecule has 68 valence electrons. The number of nitrogens with zero attached hydrogens (tertiary/aromatic N) is 1. The monoisotopic (exact) mass is 187 g/mol. The van der Waals surface area contributed by atoms with Gasteiger partial charge in [-0.2, -0.15) is 0 Å². The molecule has 1 fully saturated rings. The van der Waals surface area contributed by atoms with Gasteiger partial charge in [0.1, 0.15) is 6.29 Å². The van der Waals surface area contributed by atoms with Gasteiger partial charge in [0.25, 0.3) is 5.24 Å². The minimum Gasteiger partial charge on any atom is -0.332 e. The zero-order valence-corrected chi connectivity index (χ0v) is 8.19. The summed E-state index contributed by atoms with van der Waals surface area (Å²) in [5.41, 5.74) is -0.402. The van der Waals surface area contributed by atoms with Crippen LogP contribution in [-0.2, 0) is 4.79 Å².